The van der Waals surface area contributed by atoms with Crippen LogP contribution in [0.4, 0.5) is 0 Å². The van der Waals surface area contributed by atoms with Crippen LogP contribution in [0.3, 0.4) is 0 Å². The fraction of sp³-hybridized carbons (Fsp3) is 0.977. The standard InChI is InChI=1S/C44H74O16/c1-20(46)55-19-25-31(50)33(52)35(59-37-34(53)32(51)30(49)24(18-45)57-37)38(58-25)56-23-17-43(8)26(41(6)13-11-27(48)39(2,3)36(23)41)16-22(47)29-21(10-14-42(29,43)7)44(9)15-12-28(60-44)40(4,5)54/h21-38,45,47-54H,10-19H2,1-9H3/t21-,22-,23+,24-,25+,26+,27+,28+,29-,30-,31+,32+,33-,34-,35+,36+,37+,38+,41-,42-,43-,44+/m1/s1. The van der Waals surface area contributed by atoms with Crippen LogP contribution in [0.5, 0.6) is 0 Å². The third kappa shape index (κ3) is 7.41. The first kappa shape index (κ1) is 46.9. The lowest BCUT2D eigenvalue weighted by atomic mass is 9.34. The maximum atomic E-state index is 12.4. The molecule has 4 aliphatic carbocycles. The zero-order valence-electron chi connectivity index (χ0n) is 36.8. The average Bonchev–Trinajstić information content (AvgIpc) is 3.76. The van der Waals surface area contributed by atoms with E-state index in [1.165, 1.54) is 6.92 Å². The minimum absolute atomic E-state index is 0.00983. The van der Waals surface area contributed by atoms with Crippen LogP contribution in [0.1, 0.15) is 114 Å². The van der Waals surface area contributed by atoms with Gasteiger partial charge in [0.15, 0.2) is 12.6 Å². The van der Waals surface area contributed by atoms with Crippen molar-refractivity contribution in [3.8, 4) is 0 Å². The molecular formula is C44H74O16. The molecule has 3 aliphatic heterocycles. The molecule has 4 saturated carbocycles. The maximum absolute atomic E-state index is 12.4. The van der Waals surface area contributed by atoms with Crippen molar-refractivity contribution in [1.82, 2.24) is 0 Å². The van der Waals surface area contributed by atoms with Crippen LogP contribution in [-0.4, -0.2) is 162 Å². The molecule has 0 aromatic heterocycles. The van der Waals surface area contributed by atoms with Gasteiger partial charge in [-0.05, 0) is 117 Å². The summed E-state index contributed by atoms with van der Waals surface area (Å²) in [5.74, 6) is -1.07. The summed E-state index contributed by atoms with van der Waals surface area (Å²) in [6, 6.07) is 0. The summed E-state index contributed by atoms with van der Waals surface area (Å²) in [4.78, 5) is 11.9. The second kappa shape index (κ2) is 16.1. The maximum Gasteiger partial charge on any atom is 0.302 e. The molecule has 9 N–H and O–H groups in total. The molecule has 0 amide bonds. The number of aliphatic hydroxyl groups excluding tert-OH is 8. The molecule has 3 heterocycles. The van der Waals surface area contributed by atoms with Gasteiger partial charge >= 0.3 is 5.97 Å². The minimum Gasteiger partial charge on any atom is -0.463 e. The molecule has 7 aliphatic rings. The van der Waals surface area contributed by atoms with E-state index in [4.69, 9.17) is 28.4 Å². The quantitative estimate of drug-likeness (QED) is 0.115. The van der Waals surface area contributed by atoms with Crippen molar-refractivity contribution in [2.45, 2.75) is 211 Å². The Morgan fingerprint density at radius 2 is 1.42 bits per heavy atom. The summed E-state index contributed by atoms with van der Waals surface area (Å²) in [5, 5.41) is 100. The lowest BCUT2D eigenvalue weighted by Crippen LogP contribution is -2.71. The Balaban J connectivity index is 1.27. The van der Waals surface area contributed by atoms with Crippen LogP contribution < -0.4 is 0 Å². The van der Waals surface area contributed by atoms with Crippen LogP contribution in [-0.2, 0) is 33.2 Å². The Hall–Kier alpha value is -1.09. The Labute approximate surface area is 353 Å². The van der Waals surface area contributed by atoms with Gasteiger partial charge in [-0.15, -0.1) is 0 Å². The Morgan fingerprint density at radius 1 is 0.767 bits per heavy atom. The van der Waals surface area contributed by atoms with Crippen molar-refractivity contribution in [3.63, 3.8) is 0 Å². The van der Waals surface area contributed by atoms with Gasteiger partial charge in [-0.2, -0.15) is 0 Å². The molecule has 3 saturated heterocycles. The van der Waals surface area contributed by atoms with Crippen LogP contribution in [0.25, 0.3) is 0 Å². The summed E-state index contributed by atoms with van der Waals surface area (Å²) < 4.78 is 37.3. The molecule has 7 fully saturated rings. The van der Waals surface area contributed by atoms with E-state index in [1.807, 2.05) is 13.8 Å². The first-order valence-electron chi connectivity index (χ1n) is 22.3. The smallest absolute Gasteiger partial charge is 0.302 e. The first-order chi connectivity index (χ1) is 27.7. The SMILES string of the molecule is CC(=O)OC[C@@H]1O[C@H](O[C@H]2C[C@]3(C)[C@@H](C[C@@H](O)[C@H]4[C@H]([C@]5(C)CC[C@@H](C(C)(C)O)O5)CC[C@]43C)[C@@]3(C)CC[C@H](O)C(C)(C)[C@H]23)[C@@H](O[C@@H]2O[C@H](CO)[C@@H](O)[C@H](O)[C@H]2O)[C@H](O)[C@H]1O. The molecule has 22 atom stereocenters. The largest absolute Gasteiger partial charge is 0.463 e. The number of rotatable bonds is 9. The second-order valence-electron chi connectivity index (χ2n) is 21.8. The zero-order valence-corrected chi connectivity index (χ0v) is 36.8. The van der Waals surface area contributed by atoms with E-state index in [2.05, 4.69) is 27.7 Å². The molecule has 0 bridgehead atoms. The van der Waals surface area contributed by atoms with Crippen molar-refractivity contribution in [2.75, 3.05) is 13.2 Å². The van der Waals surface area contributed by atoms with Gasteiger partial charge in [-0.3, -0.25) is 4.79 Å². The summed E-state index contributed by atoms with van der Waals surface area (Å²) in [6.07, 6.45) is -13.1. The number of carbonyl (C=O) groups excluding carboxylic acids is 1. The predicted octanol–water partition coefficient (Wildman–Crippen LogP) is 0.902. The molecule has 7 rings (SSSR count). The number of aliphatic hydroxyl groups is 9. The van der Waals surface area contributed by atoms with Crippen LogP contribution in [0, 0.1) is 45.3 Å². The summed E-state index contributed by atoms with van der Waals surface area (Å²) >= 11 is 0. The second-order valence-corrected chi connectivity index (χ2v) is 21.8. The Bertz CT molecular complexity index is 1560. The van der Waals surface area contributed by atoms with Crippen molar-refractivity contribution >= 4 is 5.97 Å². The number of hydrogen-bond donors (Lipinski definition) is 9. The van der Waals surface area contributed by atoms with Gasteiger partial charge in [0.05, 0.1) is 42.2 Å². The third-order valence-corrected chi connectivity index (χ3v) is 17.7. The highest BCUT2D eigenvalue weighted by Crippen LogP contribution is 2.76. The summed E-state index contributed by atoms with van der Waals surface area (Å²) in [6.45, 7) is 16.6. The molecular weight excluding hydrogens is 784 g/mol. The number of fused-ring (bicyclic) bond motifs is 5. The highest BCUT2D eigenvalue weighted by Gasteiger charge is 2.74. The fourth-order valence-corrected chi connectivity index (χ4v) is 14.3. The summed E-state index contributed by atoms with van der Waals surface area (Å²) in [5.41, 5.74) is -3.63. The highest BCUT2D eigenvalue weighted by molar-refractivity contribution is 5.65. The molecule has 0 aromatic carbocycles. The molecule has 346 valence electrons. The van der Waals surface area contributed by atoms with Gasteiger partial charge in [-0.25, -0.2) is 0 Å². The highest BCUT2D eigenvalue weighted by atomic mass is 16.8. The Kier molecular flexibility index (Phi) is 12.6. The summed E-state index contributed by atoms with van der Waals surface area (Å²) in [7, 11) is 0. The van der Waals surface area contributed by atoms with Crippen molar-refractivity contribution < 1.29 is 79.2 Å². The van der Waals surface area contributed by atoms with Gasteiger partial charge in [0.25, 0.3) is 0 Å². The van der Waals surface area contributed by atoms with Gasteiger partial charge in [-0.1, -0.05) is 34.6 Å². The van der Waals surface area contributed by atoms with Gasteiger partial charge in [0.1, 0.15) is 55.4 Å². The van der Waals surface area contributed by atoms with E-state index in [0.29, 0.717) is 25.7 Å². The van der Waals surface area contributed by atoms with E-state index >= 15 is 0 Å². The molecule has 60 heavy (non-hydrogen) atoms. The van der Waals surface area contributed by atoms with E-state index in [9.17, 15) is 50.8 Å². The molecule has 0 radical (unpaired) electrons. The lowest BCUT2D eigenvalue weighted by molar-refractivity contribution is -0.383. The van der Waals surface area contributed by atoms with Crippen LogP contribution in [0.15, 0.2) is 0 Å². The number of ether oxygens (including phenoxy) is 6. The molecule has 16 heteroatoms. The van der Waals surface area contributed by atoms with Crippen molar-refractivity contribution in [3.05, 3.63) is 0 Å². The zero-order chi connectivity index (χ0) is 44.3. The van der Waals surface area contributed by atoms with Gasteiger partial charge < -0.3 is 74.4 Å². The Morgan fingerprint density at radius 3 is 2.03 bits per heavy atom. The fourth-order valence-electron chi connectivity index (χ4n) is 14.3. The number of esters is 1. The van der Waals surface area contributed by atoms with Gasteiger partial charge in [0.2, 0.25) is 0 Å². The minimum atomic E-state index is -1.83. The average molecular weight is 859 g/mol. The van der Waals surface area contributed by atoms with Gasteiger partial charge in [0, 0.05) is 6.92 Å². The molecule has 0 spiro atoms. The van der Waals surface area contributed by atoms with Crippen molar-refractivity contribution in [1.29, 1.82) is 0 Å². The van der Waals surface area contributed by atoms with E-state index in [-0.39, 0.29) is 29.8 Å². The molecule has 0 unspecified atom stereocenters. The monoisotopic (exact) mass is 858 g/mol. The van der Waals surface area contributed by atoms with E-state index in [1.54, 1.807) is 13.8 Å². The molecule has 16 nitrogen and oxygen atoms in total. The normalized spacial score (nSPS) is 54.2. The number of hydrogen-bond acceptors (Lipinski definition) is 16. The van der Waals surface area contributed by atoms with E-state index in [0.717, 1.165) is 25.7 Å². The lowest BCUT2D eigenvalue weighted by Gasteiger charge is -2.72. The molecule has 0 aromatic rings. The third-order valence-electron chi connectivity index (χ3n) is 17.7. The predicted molar refractivity (Wildman–Crippen MR) is 211 cm³/mol. The van der Waals surface area contributed by atoms with Crippen LogP contribution in [0.2, 0.25) is 0 Å². The van der Waals surface area contributed by atoms with E-state index < -0.39 is 132 Å². The topological polar surface area (TPSA) is 255 Å². The number of carbonyl (C=O) groups is 1. The first-order valence-corrected chi connectivity index (χ1v) is 22.3. The van der Waals surface area contributed by atoms with Crippen LogP contribution >= 0.6 is 0 Å². The van der Waals surface area contributed by atoms with Crippen molar-refractivity contribution in [2.24, 2.45) is 45.3 Å².